The first-order chi connectivity index (χ1) is 10.3. The Morgan fingerprint density at radius 1 is 1.24 bits per heavy atom. The van der Waals surface area contributed by atoms with Crippen LogP contribution in [0.25, 0.3) is 16.7 Å². The Hall–Kier alpha value is -2.18. The van der Waals surface area contributed by atoms with Crippen LogP contribution in [0.4, 0.5) is 5.82 Å². The number of nitrogens with zero attached hydrogens (tertiary/aromatic N) is 4. The first kappa shape index (κ1) is 13.8. The first-order valence-corrected chi connectivity index (χ1v) is 7.06. The van der Waals surface area contributed by atoms with E-state index in [1.165, 1.54) is 6.33 Å². The summed E-state index contributed by atoms with van der Waals surface area (Å²) >= 11 is 6.22. The molecule has 0 saturated heterocycles. The molecular formula is C14H15ClN6. The number of para-hydroxylation sites is 1. The maximum Gasteiger partial charge on any atom is 0.168 e. The van der Waals surface area contributed by atoms with Crippen molar-refractivity contribution in [2.75, 3.05) is 18.4 Å². The Labute approximate surface area is 127 Å². The van der Waals surface area contributed by atoms with Crippen molar-refractivity contribution in [2.45, 2.75) is 6.42 Å². The zero-order valence-corrected chi connectivity index (χ0v) is 12.1. The van der Waals surface area contributed by atoms with E-state index in [0.717, 1.165) is 29.9 Å². The molecule has 21 heavy (non-hydrogen) atoms. The number of rotatable bonds is 5. The molecule has 0 atom stereocenters. The molecular weight excluding hydrogens is 288 g/mol. The second-order valence-corrected chi connectivity index (χ2v) is 4.94. The van der Waals surface area contributed by atoms with Gasteiger partial charge >= 0.3 is 0 Å². The van der Waals surface area contributed by atoms with Crippen molar-refractivity contribution in [2.24, 2.45) is 5.73 Å². The molecule has 108 valence electrons. The van der Waals surface area contributed by atoms with Crippen molar-refractivity contribution in [3.8, 4) is 5.69 Å². The van der Waals surface area contributed by atoms with Crippen LogP contribution in [-0.4, -0.2) is 32.8 Å². The number of fused-ring (bicyclic) bond motifs is 1. The quantitative estimate of drug-likeness (QED) is 0.706. The minimum Gasteiger partial charge on any atom is -0.369 e. The van der Waals surface area contributed by atoms with E-state index in [-0.39, 0.29) is 0 Å². The predicted molar refractivity (Wildman–Crippen MR) is 83.8 cm³/mol. The van der Waals surface area contributed by atoms with Gasteiger partial charge < -0.3 is 11.1 Å². The van der Waals surface area contributed by atoms with Crippen LogP contribution in [0, 0.1) is 0 Å². The zero-order valence-electron chi connectivity index (χ0n) is 11.3. The highest BCUT2D eigenvalue weighted by molar-refractivity contribution is 6.32. The maximum atomic E-state index is 6.22. The predicted octanol–water partition coefficient (Wildman–Crippen LogP) is 2.23. The minimum atomic E-state index is 0.624. The Bertz CT molecular complexity index is 754. The number of nitrogens with two attached hydrogens (primary N) is 1. The third kappa shape index (κ3) is 2.68. The van der Waals surface area contributed by atoms with Crippen LogP contribution in [0.5, 0.6) is 0 Å². The Morgan fingerprint density at radius 3 is 2.90 bits per heavy atom. The number of anilines is 1. The van der Waals surface area contributed by atoms with E-state index in [4.69, 9.17) is 17.3 Å². The molecule has 7 heteroatoms. The largest absolute Gasteiger partial charge is 0.369 e. The van der Waals surface area contributed by atoms with Crippen LogP contribution in [0.3, 0.4) is 0 Å². The van der Waals surface area contributed by atoms with Crippen LogP contribution in [0.2, 0.25) is 5.02 Å². The summed E-state index contributed by atoms with van der Waals surface area (Å²) in [4.78, 5) is 8.57. The van der Waals surface area contributed by atoms with E-state index < -0.39 is 0 Å². The van der Waals surface area contributed by atoms with Crippen LogP contribution in [0.15, 0.2) is 36.8 Å². The summed E-state index contributed by atoms with van der Waals surface area (Å²) in [5.74, 6) is 0.756. The lowest BCUT2D eigenvalue weighted by molar-refractivity contribution is 0.870. The summed E-state index contributed by atoms with van der Waals surface area (Å²) in [5, 5.41) is 9.11. The van der Waals surface area contributed by atoms with Gasteiger partial charge in [0.2, 0.25) is 0 Å². The molecule has 2 aromatic heterocycles. The fourth-order valence-electron chi connectivity index (χ4n) is 2.09. The van der Waals surface area contributed by atoms with E-state index in [2.05, 4.69) is 20.4 Å². The molecule has 0 aliphatic rings. The molecule has 0 aliphatic carbocycles. The Kier molecular flexibility index (Phi) is 3.98. The zero-order chi connectivity index (χ0) is 14.7. The van der Waals surface area contributed by atoms with Gasteiger partial charge in [0, 0.05) is 6.54 Å². The Morgan fingerprint density at radius 2 is 2.10 bits per heavy atom. The summed E-state index contributed by atoms with van der Waals surface area (Å²) in [6.07, 6.45) is 4.13. The lowest BCUT2D eigenvalue weighted by atomic mass is 10.3. The second kappa shape index (κ2) is 6.07. The molecule has 3 rings (SSSR count). The smallest absolute Gasteiger partial charge is 0.168 e. The van der Waals surface area contributed by atoms with Gasteiger partial charge in [-0.05, 0) is 25.1 Å². The van der Waals surface area contributed by atoms with E-state index >= 15 is 0 Å². The molecule has 0 aliphatic heterocycles. The van der Waals surface area contributed by atoms with Gasteiger partial charge in [0.25, 0.3) is 0 Å². The number of benzene rings is 1. The number of nitrogens with one attached hydrogen (secondary N) is 1. The third-order valence-electron chi connectivity index (χ3n) is 3.12. The SMILES string of the molecule is NCCCNc1ncnc2c1cnn2-c1ccccc1Cl. The van der Waals surface area contributed by atoms with Crippen molar-refractivity contribution >= 4 is 28.5 Å². The van der Waals surface area contributed by atoms with Gasteiger partial charge in [-0.2, -0.15) is 5.10 Å². The van der Waals surface area contributed by atoms with Crippen molar-refractivity contribution in [1.29, 1.82) is 0 Å². The monoisotopic (exact) mass is 302 g/mol. The first-order valence-electron chi connectivity index (χ1n) is 6.69. The molecule has 0 fully saturated rings. The molecule has 3 aromatic rings. The molecule has 6 nitrogen and oxygen atoms in total. The highest BCUT2D eigenvalue weighted by atomic mass is 35.5. The number of hydrogen-bond donors (Lipinski definition) is 2. The fraction of sp³-hybridized carbons (Fsp3) is 0.214. The summed E-state index contributed by atoms with van der Waals surface area (Å²) in [7, 11) is 0. The maximum absolute atomic E-state index is 6.22. The van der Waals surface area contributed by atoms with Crippen molar-refractivity contribution in [1.82, 2.24) is 19.7 Å². The molecule has 0 spiro atoms. The number of aromatic nitrogens is 4. The lowest BCUT2D eigenvalue weighted by Gasteiger charge is -2.07. The summed E-state index contributed by atoms with van der Waals surface area (Å²) < 4.78 is 1.72. The fourth-order valence-corrected chi connectivity index (χ4v) is 2.31. The summed E-state index contributed by atoms with van der Waals surface area (Å²) in [6.45, 7) is 1.40. The molecule has 3 N–H and O–H groups in total. The van der Waals surface area contributed by atoms with Crippen LogP contribution in [-0.2, 0) is 0 Å². The highest BCUT2D eigenvalue weighted by Crippen LogP contribution is 2.25. The van der Waals surface area contributed by atoms with Gasteiger partial charge in [-0.3, -0.25) is 0 Å². The van der Waals surface area contributed by atoms with Crippen LogP contribution < -0.4 is 11.1 Å². The van der Waals surface area contributed by atoms with Gasteiger partial charge in [0.1, 0.15) is 12.1 Å². The topological polar surface area (TPSA) is 81.7 Å². The molecule has 0 radical (unpaired) electrons. The minimum absolute atomic E-state index is 0.624. The van der Waals surface area contributed by atoms with Crippen LogP contribution in [0.1, 0.15) is 6.42 Å². The van der Waals surface area contributed by atoms with Gasteiger partial charge in [-0.25, -0.2) is 14.6 Å². The highest BCUT2D eigenvalue weighted by Gasteiger charge is 2.12. The van der Waals surface area contributed by atoms with Gasteiger partial charge in [-0.15, -0.1) is 0 Å². The molecule has 0 saturated carbocycles. The molecule has 1 aromatic carbocycles. The van der Waals surface area contributed by atoms with Crippen LogP contribution >= 0.6 is 11.6 Å². The number of hydrogen-bond acceptors (Lipinski definition) is 5. The van der Waals surface area contributed by atoms with Gasteiger partial charge in [0.15, 0.2) is 5.65 Å². The molecule has 0 amide bonds. The second-order valence-electron chi connectivity index (χ2n) is 4.54. The normalized spacial score (nSPS) is 11.0. The van der Waals surface area contributed by atoms with E-state index in [0.29, 0.717) is 17.2 Å². The van der Waals surface area contributed by atoms with Crippen molar-refractivity contribution in [3.05, 3.63) is 41.8 Å². The van der Waals surface area contributed by atoms with E-state index in [1.807, 2.05) is 24.3 Å². The lowest BCUT2D eigenvalue weighted by Crippen LogP contribution is -2.09. The Balaban J connectivity index is 2.03. The molecule has 2 heterocycles. The summed E-state index contributed by atoms with van der Waals surface area (Å²) in [5.41, 5.74) is 7.01. The van der Waals surface area contributed by atoms with E-state index in [9.17, 15) is 0 Å². The standard InChI is InChI=1S/C14H15ClN6/c15-11-4-1-2-5-12(11)21-14-10(8-20-21)13(18-9-19-14)17-7-3-6-16/h1-2,4-5,8-9H,3,6-7,16H2,(H,17,18,19). The summed E-state index contributed by atoms with van der Waals surface area (Å²) in [6, 6.07) is 7.52. The van der Waals surface area contributed by atoms with Gasteiger partial charge in [-0.1, -0.05) is 23.7 Å². The number of halogens is 1. The average molecular weight is 303 g/mol. The third-order valence-corrected chi connectivity index (χ3v) is 3.44. The van der Waals surface area contributed by atoms with Gasteiger partial charge in [0.05, 0.1) is 22.3 Å². The molecule has 0 unspecified atom stereocenters. The van der Waals surface area contributed by atoms with Crippen molar-refractivity contribution in [3.63, 3.8) is 0 Å². The van der Waals surface area contributed by atoms with Crippen molar-refractivity contribution < 1.29 is 0 Å². The molecule has 0 bridgehead atoms. The van der Waals surface area contributed by atoms with E-state index in [1.54, 1.807) is 10.9 Å². The average Bonchev–Trinajstić information content (AvgIpc) is 2.93.